The number of ether oxygens (including phenoxy) is 1. The van der Waals surface area contributed by atoms with Crippen LogP contribution in [0.15, 0.2) is 59.4 Å². The van der Waals surface area contributed by atoms with Gasteiger partial charge in [0.1, 0.15) is 5.82 Å². The number of ketones is 1. The van der Waals surface area contributed by atoms with Gasteiger partial charge in [0.05, 0.1) is 16.8 Å². The van der Waals surface area contributed by atoms with E-state index in [9.17, 15) is 31.9 Å². The lowest BCUT2D eigenvalue weighted by Crippen LogP contribution is -2.26. The highest BCUT2D eigenvalue weighted by atomic mass is 19.4. The summed E-state index contributed by atoms with van der Waals surface area (Å²) in [6.07, 6.45) is -4.60. The lowest BCUT2D eigenvalue weighted by atomic mass is 10.1. The molecular formula is C21H14F4N2O4. The number of halogens is 4. The molecule has 0 atom stereocenters. The molecule has 0 N–H and O–H groups in total. The zero-order valence-corrected chi connectivity index (χ0v) is 15.9. The van der Waals surface area contributed by atoms with E-state index in [1.165, 1.54) is 31.2 Å². The Morgan fingerprint density at radius 1 is 1.06 bits per heavy atom. The Morgan fingerprint density at radius 3 is 2.45 bits per heavy atom. The third kappa shape index (κ3) is 4.85. The maximum atomic E-state index is 13.6. The van der Waals surface area contributed by atoms with Crippen molar-refractivity contribution in [2.24, 2.45) is 0 Å². The predicted octanol–water partition coefficient (Wildman–Crippen LogP) is 3.74. The molecule has 0 aliphatic heterocycles. The number of hydrogen-bond donors (Lipinski definition) is 0. The number of carbonyl (C=O) groups excluding carboxylic acids is 2. The van der Waals surface area contributed by atoms with Gasteiger partial charge in [-0.2, -0.15) is 18.3 Å². The van der Waals surface area contributed by atoms with Gasteiger partial charge in [-0.05, 0) is 37.3 Å². The van der Waals surface area contributed by atoms with Crippen LogP contribution in [0.25, 0.3) is 5.69 Å². The molecular weight excluding hydrogens is 420 g/mol. The second-order valence-corrected chi connectivity index (χ2v) is 6.44. The SMILES string of the molecule is Cc1cc(=O)c(C(=O)OCC(=O)c2ccccc2F)nn1-c1cccc(C(F)(F)F)c1. The highest BCUT2D eigenvalue weighted by molar-refractivity contribution is 5.99. The van der Waals surface area contributed by atoms with Gasteiger partial charge in [0, 0.05) is 11.8 Å². The van der Waals surface area contributed by atoms with E-state index in [2.05, 4.69) is 5.10 Å². The van der Waals surface area contributed by atoms with Gasteiger partial charge in [0.15, 0.2) is 6.61 Å². The molecule has 3 rings (SSSR count). The quantitative estimate of drug-likeness (QED) is 0.347. The van der Waals surface area contributed by atoms with Crippen molar-refractivity contribution in [1.82, 2.24) is 9.78 Å². The summed E-state index contributed by atoms with van der Waals surface area (Å²) in [6, 6.07) is 10.2. The zero-order chi connectivity index (χ0) is 22.8. The lowest BCUT2D eigenvalue weighted by Gasteiger charge is -2.13. The summed E-state index contributed by atoms with van der Waals surface area (Å²) in [4.78, 5) is 36.5. The molecule has 0 saturated heterocycles. The molecule has 0 spiro atoms. The minimum atomic E-state index is -4.60. The third-order valence-corrected chi connectivity index (χ3v) is 4.23. The van der Waals surface area contributed by atoms with Gasteiger partial charge in [-0.25, -0.2) is 13.9 Å². The Hall–Kier alpha value is -3.82. The van der Waals surface area contributed by atoms with Crippen molar-refractivity contribution in [3.8, 4) is 5.69 Å². The fourth-order valence-electron chi connectivity index (χ4n) is 2.73. The van der Waals surface area contributed by atoms with Crippen molar-refractivity contribution in [2.75, 3.05) is 6.61 Å². The number of esters is 1. The molecule has 0 fully saturated rings. The van der Waals surface area contributed by atoms with Gasteiger partial charge in [-0.3, -0.25) is 9.59 Å². The molecule has 0 aliphatic rings. The summed E-state index contributed by atoms with van der Waals surface area (Å²) in [7, 11) is 0. The largest absolute Gasteiger partial charge is 0.452 e. The summed E-state index contributed by atoms with van der Waals surface area (Å²) in [6.45, 7) is 0.573. The first kappa shape index (κ1) is 21.9. The molecule has 10 heteroatoms. The maximum Gasteiger partial charge on any atom is 0.416 e. The van der Waals surface area contributed by atoms with Gasteiger partial charge >= 0.3 is 12.1 Å². The van der Waals surface area contributed by atoms with Crippen molar-refractivity contribution in [3.63, 3.8) is 0 Å². The molecule has 31 heavy (non-hydrogen) atoms. The van der Waals surface area contributed by atoms with E-state index in [1.54, 1.807) is 0 Å². The Balaban J connectivity index is 1.87. The van der Waals surface area contributed by atoms with Gasteiger partial charge in [0.25, 0.3) is 0 Å². The second kappa shape index (κ2) is 8.50. The van der Waals surface area contributed by atoms with Crippen molar-refractivity contribution in [3.05, 3.63) is 93.2 Å². The van der Waals surface area contributed by atoms with E-state index in [4.69, 9.17) is 4.74 Å². The van der Waals surface area contributed by atoms with Crippen LogP contribution in [0.2, 0.25) is 0 Å². The number of nitrogens with zero attached hydrogens (tertiary/aromatic N) is 2. The van der Waals surface area contributed by atoms with E-state index < -0.39 is 47.0 Å². The predicted molar refractivity (Wildman–Crippen MR) is 101 cm³/mol. The molecule has 0 unspecified atom stereocenters. The first-order chi connectivity index (χ1) is 14.6. The van der Waals surface area contributed by atoms with Crippen LogP contribution in [0.4, 0.5) is 17.6 Å². The zero-order valence-electron chi connectivity index (χ0n) is 15.9. The maximum absolute atomic E-state index is 13.6. The molecule has 1 aromatic heterocycles. The average molecular weight is 434 g/mol. The second-order valence-electron chi connectivity index (χ2n) is 6.44. The minimum absolute atomic E-state index is 0.0381. The number of Topliss-reactive ketones (excluding diaryl/α,β-unsaturated/α-hetero) is 1. The number of alkyl halides is 3. The number of aromatic nitrogens is 2. The Morgan fingerprint density at radius 2 is 1.77 bits per heavy atom. The van der Waals surface area contributed by atoms with Crippen LogP contribution in [0.3, 0.4) is 0 Å². The van der Waals surface area contributed by atoms with E-state index in [1.807, 2.05) is 0 Å². The average Bonchev–Trinajstić information content (AvgIpc) is 2.71. The number of carbonyl (C=O) groups is 2. The summed E-state index contributed by atoms with van der Waals surface area (Å²) >= 11 is 0. The summed E-state index contributed by atoms with van der Waals surface area (Å²) in [5, 5.41) is 3.81. The van der Waals surface area contributed by atoms with Crippen molar-refractivity contribution >= 4 is 11.8 Å². The van der Waals surface area contributed by atoms with E-state index in [0.717, 1.165) is 35.0 Å². The van der Waals surface area contributed by atoms with Gasteiger partial charge in [-0.15, -0.1) is 0 Å². The van der Waals surface area contributed by atoms with E-state index in [-0.39, 0.29) is 16.9 Å². The Labute approximate surface area is 172 Å². The highest BCUT2D eigenvalue weighted by Crippen LogP contribution is 2.30. The van der Waals surface area contributed by atoms with E-state index >= 15 is 0 Å². The molecule has 6 nitrogen and oxygen atoms in total. The topological polar surface area (TPSA) is 78.3 Å². The fourth-order valence-corrected chi connectivity index (χ4v) is 2.73. The summed E-state index contributed by atoms with van der Waals surface area (Å²) in [5.74, 6) is -2.91. The smallest absolute Gasteiger partial charge is 0.416 e. The van der Waals surface area contributed by atoms with Crippen molar-refractivity contribution < 1.29 is 31.9 Å². The third-order valence-electron chi connectivity index (χ3n) is 4.23. The van der Waals surface area contributed by atoms with Crippen LogP contribution in [0.1, 0.15) is 32.1 Å². The molecule has 3 aromatic rings. The molecule has 160 valence electrons. The van der Waals surface area contributed by atoms with Crippen molar-refractivity contribution in [2.45, 2.75) is 13.1 Å². The number of rotatable bonds is 5. The van der Waals surface area contributed by atoms with Crippen LogP contribution < -0.4 is 5.43 Å². The monoisotopic (exact) mass is 434 g/mol. The lowest BCUT2D eigenvalue weighted by molar-refractivity contribution is -0.137. The van der Waals surface area contributed by atoms with Crippen LogP contribution in [-0.4, -0.2) is 28.1 Å². The van der Waals surface area contributed by atoms with Gasteiger partial charge in [0.2, 0.25) is 16.9 Å². The number of aryl methyl sites for hydroxylation is 1. The standard InChI is InChI=1S/C21H14F4N2O4/c1-12-9-17(28)19(20(30)31-11-18(29)15-7-2-3-8-16(15)22)26-27(12)14-6-4-5-13(10-14)21(23,24)25/h2-10H,11H2,1H3. The Bertz CT molecular complexity index is 1220. The molecule has 1 heterocycles. The molecule has 0 radical (unpaired) electrons. The van der Waals surface area contributed by atoms with Crippen LogP contribution >= 0.6 is 0 Å². The number of benzene rings is 2. The minimum Gasteiger partial charge on any atom is -0.452 e. The Kier molecular flexibility index (Phi) is 6.00. The molecule has 0 bridgehead atoms. The summed E-state index contributed by atoms with van der Waals surface area (Å²) < 4.78 is 58.4. The van der Waals surface area contributed by atoms with Crippen LogP contribution in [0.5, 0.6) is 0 Å². The van der Waals surface area contributed by atoms with Crippen LogP contribution in [0, 0.1) is 12.7 Å². The molecule has 0 amide bonds. The van der Waals surface area contributed by atoms with Crippen molar-refractivity contribution in [1.29, 1.82) is 0 Å². The first-order valence-electron chi connectivity index (χ1n) is 8.81. The molecule has 0 aliphatic carbocycles. The normalized spacial score (nSPS) is 11.3. The van der Waals surface area contributed by atoms with Crippen LogP contribution in [-0.2, 0) is 10.9 Å². The fraction of sp³-hybridized carbons (Fsp3) is 0.143. The van der Waals surface area contributed by atoms with E-state index in [0.29, 0.717) is 0 Å². The first-order valence-corrected chi connectivity index (χ1v) is 8.81. The van der Waals surface area contributed by atoms with Gasteiger partial charge < -0.3 is 4.74 Å². The number of hydrogen-bond acceptors (Lipinski definition) is 5. The molecule has 2 aromatic carbocycles. The summed E-state index contributed by atoms with van der Waals surface area (Å²) in [5.41, 5.74) is -2.68. The highest BCUT2D eigenvalue weighted by Gasteiger charge is 2.30. The molecule has 0 saturated carbocycles. The van der Waals surface area contributed by atoms with Gasteiger partial charge in [-0.1, -0.05) is 18.2 Å².